The fourth-order valence-corrected chi connectivity index (χ4v) is 6.97. The van der Waals surface area contributed by atoms with E-state index in [9.17, 15) is 68.1 Å². The predicted molar refractivity (Wildman–Crippen MR) is 252 cm³/mol. The van der Waals surface area contributed by atoms with Gasteiger partial charge in [-0.3, -0.25) is 57.7 Å². The van der Waals surface area contributed by atoms with Crippen molar-refractivity contribution in [2.24, 2.45) is 22.2 Å². The number of carboxylic acid groups (broad SMARTS) is 1. The Morgan fingerprint density at radius 1 is 0.676 bits per heavy atom. The maximum absolute atomic E-state index is 13.5. The second-order valence-corrected chi connectivity index (χ2v) is 16.5. The van der Waals surface area contributed by atoms with Gasteiger partial charge < -0.3 is 85.3 Å². The van der Waals surface area contributed by atoms with Gasteiger partial charge in [-0.25, -0.2) is 0 Å². The van der Waals surface area contributed by atoms with E-state index < -0.39 is 134 Å². The van der Waals surface area contributed by atoms with Crippen LogP contribution in [0.15, 0.2) is 29.3 Å². The monoisotopic (exact) mass is 1000 g/mol. The first-order valence-electron chi connectivity index (χ1n) is 22.9. The Hall–Kier alpha value is -7.62. The third-order valence-electron chi connectivity index (χ3n) is 10.7. The summed E-state index contributed by atoms with van der Waals surface area (Å²) in [6.07, 6.45) is 1.47. The number of aromatic hydroxyl groups is 1. The van der Waals surface area contributed by atoms with E-state index in [0.717, 1.165) is 0 Å². The number of guanidine groups is 1. The van der Waals surface area contributed by atoms with E-state index in [1.54, 1.807) is 6.92 Å². The highest BCUT2D eigenvalue weighted by atomic mass is 16.4. The number of phenols is 1. The van der Waals surface area contributed by atoms with Gasteiger partial charge in [0.1, 0.15) is 36.0 Å². The van der Waals surface area contributed by atoms with Crippen LogP contribution in [-0.4, -0.2) is 180 Å². The molecule has 1 heterocycles. The Kier molecular flexibility index (Phi) is 26.4. The van der Waals surface area contributed by atoms with Gasteiger partial charge in [-0.1, -0.05) is 12.1 Å². The molecule has 71 heavy (non-hydrogen) atoms. The fourth-order valence-electron chi connectivity index (χ4n) is 6.97. The molecule has 10 amide bonds. The summed E-state index contributed by atoms with van der Waals surface area (Å²) < 4.78 is 0. The number of nitrogens with zero attached hydrogens (tertiary/aromatic N) is 2. The molecule has 0 saturated carbocycles. The number of aliphatic hydroxyl groups excluding tert-OH is 1. The van der Waals surface area contributed by atoms with Crippen LogP contribution in [0.4, 0.5) is 0 Å². The van der Waals surface area contributed by atoms with Gasteiger partial charge in [0.2, 0.25) is 59.1 Å². The van der Waals surface area contributed by atoms with E-state index in [1.807, 2.05) is 0 Å². The average molecular weight is 1010 g/mol. The minimum absolute atomic E-state index is 0.0144. The number of phenolic OH excluding ortho intramolecular Hbond substituents is 1. The summed E-state index contributed by atoms with van der Waals surface area (Å²) >= 11 is 0. The molecular formula is C43H68N14O14. The van der Waals surface area contributed by atoms with Crippen molar-refractivity contribution in [1.29, 1.82) is 0 Å². The van der Waals surface area contributed by atoms with Crippen molar-refractivity contribution in [3.05, 3.63) is 29.8 Å². The first-order chi connectivity index (χ1) is 33.6. The molecule has 1 fully saturated rings. The van der Waals surface area contributed by atoms with Gasteiger partial charge in [-0.15, -0.1) is 0 Å². The number of likely N-dealkylation sites (tertiary alicyclic amines) is 1. The molecule has 0 unspecified atom stereocenters. The first kappa shape index (κ1) is 59.5. The van der Waals surface area contributed by atoms with Crippen molar-refractivity contribution >= 4 is 71.0 Å². The van der Waals surface area contributed by atoms with Crippen molar-refractivity contribution in [3.63, 3.8) is 0 Å². The predicted octanol–water partition coefficient (Wildman–Crippen LogP) is -6.50. The van der Waals surface area contributed by atoms with Gasteiger partial charge in [0.25, 0.3) is 0 Å². The lowest BCUT2D eigenvalue weighted by Gasteiger charge is -2.27. The molecule has 1 aromatic rings. The largest absolute Gasteiger partial charge is 0.508 e. The summed E-state index contributed by atoms with van der Waals surface area (Å²) in [7, 11) is 0. The summed E-state index contributed by atoms with van der Waals surface area (Å²) in [6.45, 7) is 0.309. The third kappa shape index (κ3) is 23.5. The molecule has 0 radical (unpaired) electrons. The van der Waals surface area contributed by atoms with Crippen LogP contribution in [0.2, 0.25) is 0 Å². The molecular weight excluding hydrogens is 937 g/mol. The zero-order valence-electron chi connectivity index (χ0n) is 39.8. The SMILES string of the molecule is CC(=O)NCC(=O)N[C@@H](CCCCN)C(=O)NCC(=O)N[C@@H](Cc1ccc(O)cc1)C(=O)NCC(=O)N[C@@H](CCCN=C(N)N)C(=O)NCC(=O)N[C@@H](CC(=O)O)C(=O)N[C@@H](CO)C(=O)N1CCC[C@H]1C. The second-order valence-electron chi connectivity index (χ2n) is 16.5. The van der Waals surface area contributed by atoms with E-state index in [0.29, 0.717) is 44.3 Å². The Morgan fingerprint density at radius 3 is 1.63 bits per heavy atom. The first-order valence-corrected chi connectivity index (χ1v) is 22.9. The zero-order valence-corrected chi connectivity index (χ0v) is 39.8. The van der Waals surface area contributed by atoms with E-state index in [4.69, 9.17) is 17.2 Å². The summed E-state index contributed by atoms with van der Waals surface area (Å²) in [5.41, 5.74) is 16.8. The highest BCUT2D eigenvalue weighted by Gasteiger charge is 2.34. The Balaban J connectivity index is 2.13. The molecule has 1 aliphatic heterocycles. The molecule has 18 N–H and O–H groups in total. The maximum Gasteiger partial charge on any atom is 0.305 e. The van der Waals surface area contributed by atoms with Crippen molar-refractivity contribution in [2.45, 2.75) is 108 Å². The number of aliphatic carboxylic acids is 1. The summed E-state index contributed by atoms with van der Waals surface area (Å²) in [5.74, 6) is -9.97. The van der Waals surface area contributed by atoms with Gasteiger partial charge in [0.05, 0.1) is 39.2 Å². The van der Waals surface area contributed by atoms with Crippen molar-refractivity contribution in [1.82, 2.24) is 52.8 Å². The number of amides is 10. The lowest BCUT2D eigenvalue weighted by Crippen LogP contribution is -2.57. The molecule has 0 aliphatic carbocycles. The van der Waals surface area contributed by atoms with Crippen LogP contribution in [0.25, 0.3) is 0 Å². The van der Waals surface area contributed by atoms with Crippen LogP contribution in [0.3, 0.4) is 0 Å². The minimum atomic E-state index is -1.74. The molecule has 6 atom stereocenters. The highest BCUT2D eigenvalue weighted by Crippen LogP contribution is 2.17. The smallest absolute Gasteiger partial charge is 0.305 e. The number of aliphatic hydroxyl groups is 1. The molecule has 1 aromatic carbocycles. The van der Waals surface area contributed by atoms with Gasteiger partial charge in [0.15, 0.2) is 5.96 Å². The highest BCUT2D eigenvalue weighted by molar-refractivity contribution is 5.97. The van der Waals surface area contributed by atoms with Crippen molar-refractivity contribution in [3.8, 4) is 5.75 Å². The third-order valence-corrected chi connectivity index (χ3v) is 10.7. The number of aliphatic imine (C=N–C) groups is 1. The van der Waals surface area contributed by atoms with Crippen LogP contribution < -0.4 is 65.1 Å². The number of hydrogen-bond acceptors (Lipinski definition) is 15. The van der Waals surface area contributed by atoms with Crippen LogP contribution >= 0.6 is 0 Å². The number of nitrogens with one attached hydrogen (secondary N) is 9. The summed E-state index contributed by atoms with van der Waals surface area (Å²) in [5, 5.41) is 50.3. The van der Waals surface area contributed by atoms with Crippen LogP contribution in [-0.2, 0) is 59.2 Å². The normalized spacial score (nSPS) is 14.9. The summed E-state index contributed by atoms with van der Waals surface area (Å²) in [6, 6.07) is -1.53. The molecule has 28 nitrogen and oxygen atoms in total. The Morgan fingerprint density at radius 2 is 1.17 bits per heavy atom. The molecule has 2 rings (SSSR count). The van der Waals surface area contributed by atoms with Gasteiger partial charge >= 0.3 is 5.97 Å². The number of nitrogens with two attached hydrogens (primary N) is 3. The number of benzene rings is 1. The van der Waals surface area contributed by atoms with E-state index in [1.165, 1.54) is 36.1 Å². The summed E-state index contributed by atoms with van der Waals surface area (Å²) in [4.78, 5) is 146. The fraction of sp³-hybridized carbons (Fsp3) is 0.581. The van der Waals surface area contributed by atoms with E-state index in [-0.39, 0.29) is 50.0 Å². The Bertz CT molecular complexity index is 2050. The van der Waals surface area contributed by atoms with Crippen molar-refractivity contribution in [2.75, 3.05) is 52.4 Å². The molecule has 1 saturated heterocycles. The van der Waals surface area contributed by atoms with Crippen molar-refractivity contribution < 1.29 is 68.1 Å². The molecule has 394 valence electrons. The lowest BCUT2D eigenvalue weighted by molar-refractivity contribution is -0.142. The van der Waals surface area contributed by atoms with Gasteiger partial charge in [-0.2, -0.15) is 0 Å². The number of rotatable bonds is 31. The average Bonchev–Trinajstić information content (AvgIpc) is 3.75. The number of carboxylic acids is 1. The molecule has 0 spiro atoms. The standard InChI is InChI=1S/C43H68N14O14/c1-24-7-6-16-57(24)42(71)32(23-58)56-41(70)31(18-37(65)66)55-36(64)22-50-39(68)29(9-5-15-47-43(45)46)53-34(62)20-51-40(69)30(17-26-10-12-27(60)13-11-26)54-35(63)21-49-38(67)28(8-3-4-14-44)52-33(61)19-48-25(2)59/h10-13,24,28-32,58,60H,3-9,14-23,44H2,1-2H3,(H,48,59)(H,49,67)(H,50,68)(H,51,69)(H,52,61)(H,53,62)(H,54,63)(H,55,64)(H,56,70)(H,65,66)(H4,45,46,47)/t24-,28+,29+,30+,31+,32+/m1/s1. The second kappa shape index (κ2) is 31.5. The van der Waals surface area contributed by atoms with Gasteiger partial charge in [-0.05, 0) is 76.1 Å². The topological polar surface area (TPSA) is 450 Å². The molecule has 0 aromatic heterocycles. The number of carbonyl (C=O) groups excluding carboxylic acids is 10. The lowest BCUT2D eigenvalue weighted by atomic mass is 10.0. The van der Waals surface area contributed by atoms with E-state index >= 15 is 0 Å². The quantitative estimate of drug-likeness (QED) is 0.0187. The van der Waals surface area contributed by atoms with Crippen LogP contribution in [0.5, 0.6) is 5.75 Å². The van der Waals surface area contributed by atoms with Crippen LogP contribution in [0, 0.1) is 0 Å². The van der Waals surface area contributed by atoms with E-state index in [2.05, 4.69) is 52.8 Å². The molecule has 1 aliphatic rings. The molecule has 0 bridgehead atoms. The Labute approximate surface area is 409 Å². The minimum Gasteiger partial charge on any atom is -0.508 e. The zero-order chi connectivity index (χ0) is 53.0. The number of hydrogen-bond donors (Lipinski definition) is 15. The van der Waals surface area contributed by atoms with Gasteiger partial charge in [0, 0.05) is 32.5 Å². The number of unbranched alkanes of at least 4 members (excludes halogenated alkanes) is 1. The number of carbonyl (C=O) groups is 11. The molecule has 28 heteroatoms. The maximum atomic E-state index is 13.5. The van der Waals surface area contributed by atoms with Crippen LogP contribution in [0.1, 0.15) is 70.8 Å².